The van der Waals surface area contributed by atoms with Gasteiger partial charge in [-0.25, -0.2) is 9.67 Å². The molecular formula is C14H12Cl2N6O. The van der Waals surface area contributed by atoms with Crippen molar-refractivity contribution < 1.29 is 4.79 Å². The number of hydrogen-bond donors (Lipinski definition) is 1. The predicted octanol–water partition coefficient (Wildman–Crippen LogP) is 2.62. The molecule has 0 aliphatic heterocycles. The summed E-state index contributed by atoms with van der Waals surface area (Å²) in [5, 5.41) is 11.6. The van der Waals surface area contributed by atoms with Gasteiger partial charge in [-0.05, 0) is 11.6 Å². The first-order valence-corrected chi connectivity index (χ1v) is 7.42. The second-order valence-electron chi connectivity index (χ2n) is 4.81. The maximum Gasteiger partial charge on any atom is 0.280 e. The SMILES string of the molecule is Cn1cc(Cl)c(C(=O)Nc2ncn(Cc3ccccc3Cl)n2)n1. The zero-order chi connectivity index (χ0) is 16.4. The molecule has 0 saturated carbocycles. The molecule has 2 heterocycles. The van der Waals surface area contributed by atoms with E-state index >= 15 is 0 Å². The van der Waals surface area contributed by atoms with Gasteiger partial charge >= 0.3 is 0 Å². The second kappa shape index (κ2) is 6.39. The highest BCUT2D eigenvalue weighted by molar-refractivity contribution is 6.34. The smallest absolute Gasteiger partial charge is 0.280 e. The Balaban J connectivity index is 1.71. The van der Waals surface area contributed by atoms with Crippen LogP contribution in [0.2, 0.25) is 10.0 Å². The van der Waals surface area contributed by atoms with Gasteiger partial charge in [0.1, 0.15) is 6.33 Å². The molecule has 2 aromatic heterocycles. The summed E-state index contributed by atoms with van der Waals surface area (Å²) in [4.78, 5) is 16.1. The lowest BCUT2D eigenvalue weighted by molar-refractivity contribution is 0.102. The molecule has 0 radical (unpaired) electrons. The zero-order valence-corrected chi connectivity index (χ0v) is 13.6. The van der Waals surface area contributed by atoms with Gasteiger partial charge in [0.2, 0.25) is 5.95 Å². The Labute approximate surface area is 141 Å². The van der Waals surface area contributed by atoms with Gasteiger partial charge in [-0.3, -0.25) is 14.8 Å². The van der Waals surface area contributed by atoms with Crippen molar-refractivity contribution >= 4 is 35.1 Å². The number of aromatic nitrogens is 5. The molecule has 1 N–H and O–H groups in total. The maximum absolute atomic E-state index is 12.1. The predicted molar refractivity (Wildman–Crippen MR) is 86.7 cm³/mol. The number of nitrogens with one attached hydrogen (secondary N) is 1. The summed E-state index contributed by atoms with van der Waals surface area (Å²) in [7, 11) is 1.68. The van der Waals surface area contributed by atoms with Crippen LogP contribution >= 0.6 is 23.2 Å². The van der Waals surface area contributed by atoms with Gasteiger partial charge in [0, 0.05) is 18.3 Å². The van der Waals surface area contributed by atoms with E-state index in [1.807, 2.05) is 18.2 Å². The summed E-state index contributed by atoms with van der Waals surface area (Å²) in [6, 6.07) is 7.45. The van der Waals surface area contributed by atoms with Gasteiger partial charge in [-0.2, -0.15) is 5.10 Å². The zero-order valence-electron chi connectivity index (χ0n) is 12.1. The molecule has 3 rings (SSSR count). The molecule has 3 aromatic rings. The first kappa shape index (κ1) is 15.5. The molecule has 0 aliphatic carbocycles. The third kappa shape index (κ3) is 3.52. The third-order valence-electron chi connectivity index (χ3n) is 3.05. The monoisotopic (exact) mass is 350 g/mol. The standard InChI is InChI=1S/C14H12Cl2N6O/c1-21-7-11(16)12(19-21)13(23)18-14-17-8-22(20-14)6-9-4-2-3-5-10(9)15/h2-5,7-8H,6H2,1H3,(H,18,20,23). The number of anilines is 1. The Morgan fingerprint density at radius 3 is 2.70 bits per heavy atom. The second-order valence-corrected chi connectivity index (χ2v) is 5.63. The Bertz CT molecular complexity index is 857. The topological polar surface area (TPSA) is 77.6 Å². The van der Waals surface area contributed by atoms with Crippen LogP contribution in [0.1, 0.15) is 16.1 Å². The lowest BCUT2D eigenvalue weighted by Crippen LogP contribution is -2.15. The first-order chi connectivity index (χ1) is 11.0. The average molecular weight is 351 g/mol. The summed E-state index contributed by atoms with van der Waals surface area (Å²) in [5.74, 6) is -0.296. The van der Waals surface area contributed by atoms with E-state index < -0.39 is 5.91 Å². The largest absolute Gasteiger partial charge is 0.288 e. The van der Waals surface area contributed by atoms with Crippen molar-refractivity contribution in [1.29, 1.82) is 0 Å². The number of aryl methyl sites for hydroxylation is 1. The fourth-order valence-corrected chi connectivity index (χ4v) is 2.46. The summed E-state index contributed by atoms with van der Waals surface area (Å²) < 4.78 is 3.04. The van der Waals surface area contributed by atoms with Crippen molar-refractivity contribution in [1.82, 2.24) is 24.5 Å². The molecule has 7 nitrogen and oxygen atoms in total. The number of carbonyl (C=O) groups is 1. The Kier molecular flexibility index (Phi) is 4.31. The molecule has 0 atom stereocenters. The minimum absolute atomic E-state index is 0.122. The average Bonchev–Trinajstić information content (AvgIpc) is 3.07. The quantitative estimate of drug-likeness (QED) is 0.784. The first-order valence-electron chi connectivity index (χ1n) is 6.66. The van der Waals surface area contributed by atoms with E-state index in [-0.39, 0.29) is 16.7 Å². The molecule has 118 valence electrons. The minimum Gasteiger partial charge on any atom is -0.288 e. The molecule has 1 aromatic carbocycles. The van der Waals surface area contributed by atoms with Crippen LogP contribution in [0.5, 0.6) is 0 Å². The number of carbonyl (C=O) groups excluding carboxylic acids is 1. The molecule has 0 spiro atoms. The van der Waals surface area contributed by atoms with Crippen LogP contribution in [-0.2, 0) is 13.6 Å². The van der Waals surface area contributed by atoms with Gasteiger partial charge in [0.15, 0.2) is 5.69 Å². The Morgan fingerprint density at radius 1 is 1.22 bits per heavy atom. The van der Waals surface area contributed by atoms with E-state index in [9.17, 15) is 4.79 Å². The van der Waals surface area contributed by atoms with Crippen molar-refractivity contribution in [3.05, 3.63) is 58.1 Å². The molecule has 0 saturated heterocycles. The van der Waals surface area contributed by atoms with Gasteiger partial charge in [-0.1, -0.05) is 41.4 Å². The lowest BCUT2D eigenvalue weighted by Gasteiger charge is -2.03. The number of amides is 1. The molecule has 0 unspecified atom stereocenters. The van der Waals surface area contributed by atoms with Crippen molar-refractivity contribution in [3.8, 4) is 0 Å². The van der Waals surface area contributed by atoms with Crippen molar-refractivity contribution in [3.63, 3.8) is 0 Å². The van der Waals surface area contributed by atoms with Gasteiger partial charge in [0.25, 0.3) is 5.91 Å². The van der Waals surface area contributed by atoms with Crippen molar-refractivity contribution in [2.24, 2.45) is 7.05 Å². The van der Waals surface area contributed by atoms with Crippen molar-refractivity contribution in [2.45, 2.75) is 6.54 Å². The summed E-state index contributed by atoms with van der Waals surface area (Å²) >= 11 is 12.0. The molecule has 0 aliphatic rings. The maximum atomic E-state index is 12.1. The molecule has 23 heavy (non-hydrogen) atoms. The van der Waals surface area contributed by atoms with Gasteiger partial charge < -0.3 is 0 Å². The molecule has 0 fully saturated rings. The third-order valence-corrected chi connectivity index (χ3v) is 3.70. The van der Waals surface area contributed by atoms with Gasteiger partial charge in [-0.15, -0.1) is 5.10 Å². The molecular weight excluding hydrogens is 339 g/mol. The van der Waals surface area contributed by atoms with E-state index in [1.165, 1.54) is 11.0 Å². The summed E-state index contributed by atoms with van der Waals surface area (Å²) in [6.45, 7) is 0.451. The summed E-state index contributed by atoms with van der Waals surface area (Å²) in [5.41, 5.74) is 1.03. The molecule has 0 bridgehead atoms. The number of nitrogens with zero attached hydrogens (tertiary/aromatic N) is 5. The normalized spacial score (nSPS) is 10.7. The van der Waals surface area contributed by atoms with Crippen LogP contribution in [0, 0.1) is 0 Å². The highest BCUT2D eigenvalue weighted by atomic mass is 35.5. The van der Waals surface area contributed by atoms with Crippen LogP contribution in [0.4, 0.5) is 5.95 Å². The Morgan fingerprint density at radius 2 is 2.00 bits per heavy atom. The summed E-state index contributed by atoms with van der Waals surface area (Å²) in [6.07, 6.45) is 3.05. The highest BCUT2D eigenvalue weighted by Crippen LogP contribution is 2.17. The van der Waals surface area contributed by atoms with Crippen LogP contribution in [0.3, 0.4) is 0 Å². The highest BCUT2D eigenvalue weighted by Gasteiger charge is 2.16. The van der Waals surface area contributed by atoms with Crippen LogP contribution in [0.15, 0.2) is 36.8 Å². The van der Waals surface area contributed by atoms with Crippen LogP contribution in [-0.4, -0.2) is 30.5 Å². The van der Waals surface area contributed by atoms with E-state index in [0.29, 0.717) is 11.6 Å². The van der Waals surface area contributed by atoms with E-state index in [0.717, 1.165) is 5.56 Å². The van der Waals surface area contributed by atoms with E-state index in [4.69, 9.17) is 23.2 Å². The van der Waals surface area contributed by atoms with E-state index in [2.05, 4.69) is 20.5 Å². The number of rotatable bonds is 4. The van der Waals surface area contributed by atoms with Crippen molar-refractivity contribution in [2.75, 3.05) is 5.32 Å². The Hall–Kier alpha value is -2.38. The fraction of sp³-hybridized carbons (Fsp3) is 0.143. The van der Waals surface area contributed by atoms with Crippen LogP contribution < -0.4 is 5.32 Å². The minimum atomic E-state index is -0.467. The van der Waals surface area contributed by atoms with Crippen LogP contribution in [0.25, 0.3) is 0 Å². The number of halogens is 2. The van der Waals surface area contributed by atoms with E-state index in [1.54, 1.807) is 24.0 Å². The molecule has 1 amide bonds. The number of hydrogen-bond acceptors (Lipinski definition) is 4. The molecule has 9 heteroatoms. The lowest BCUT2D eigenvalue weighted by atomic mass is 10.2. The number of benzene rings is 1. The van der Waals surface area contributed by atoms with Gasteiger partial charge in [0.05, 0.1) is 11.6 Å². The fourth-order valence-electron chi connectivity index (χ4n) is 2.00.